The number of carbonyl (C=O) groups is 1. The van der Waals surface area contributed by atoms with E-state index in [9.17, 15) is 9.18 Å². The third kappa shape index (κ3) is 1.93. The maximum atomic E-state index is 13.1. The van der Waals surface area contributed by atoms with Crippen LogP contribution in [0.25, 0.3) is 0 Å². The lowest BCUT2D eigenvalue weighted by Crippen LogP contribution is -2.30. The summed E-state index contributed by atoms with van der Waals surface area (Å²) in [7, 11) is 0. The highest BCUT2D eigenvalue weighted by Gasteiger charge is 2.19. The topological polar surface area (TPSA) is 20.3 Å². The number of halogens is 1. The number of rotatable bonds is 2. The standard InChI is InChI=1S/C14H12FNOS/c15-12-1-2-13(11(7-12)9-17)16-5-3-14-10(8-16)4-6-18-14/h1-2,4,6-7,9H,3,5,8H2. The molecule has 4 heteroatoms. The predicted molar refractivity (Wildman–Crippen MR) is 70.9 cm³/mol. The zero-order chi connectivity index (χ0) is 12.5. The van der Waals surface area contributed by atoms with Gasteiger partial charge in [-0.1, -0.05) is 0 Å². The van der Waals surface area contributed by atoms with Crippen molar-refractivity contribution in [2.24, 2.45) is 0 Å². The Balaban J connectivity index is 1.95. The Morgan fingerprint density at radius 2 is 2.22 bits per heavy atom. The van der Waals surface area contributed by atoms with Crippen molar-refractivity contribution in [3.05, 3.63) is 51.5 Å². The maximum Gasteiger partial charge on any atom is 0.152 e. The Morgan fingerprint density at radius 1 is 1.33 bits per heavy atom. The van der Waals surface area contributed by atoms with Gasteiger partial charge in [-0.2, -0.15) is 0 Å². The molecule has 1 aliphatic rings. The predicted octanol–water partition coefficient (Wildman–Crippen LogP) is 3.26. The first-order chi connectivity index (χ1) is 8.78. The van der Waals surface area contributed by atoms with E-state index in [1.165, 1.54) is 22.6 Å². The molecule has 0 N–H and O–H groups in total. The molecule has 3 rings (SSSR count). The normalized spacial score (nSPS) is 14.4. The number of anilines is 1. The molecule has 0 saturated heterocycles. The largest absolute Gasteiger partial charge is 0.366 e. The summed E-state index contributed by atoms with van der Waals surface area (Å²) in [5, 5.41) is 2.10. The van der Waals surface area contributed by atoms with Crippen LogP contribution in [0.5, 0.6) is 0 Å². The molecule has 0 unspecified atom stereocenters. The van der Waals surface area contributed by atoms with Crippen molar-refractivity contribution in [1.29, 1.82) is 0 Å². The second-order valence-corrected chi connectivity index (χ2v) is 5.36. The zero-order valence-electron chi connectivity index (χ0n) is 9.73. The molecule has 0 atom stereocenters. The number of nitrogens with zero attached hydrogens (tertiary/aromatic N) is 1. The van der Waals surface area contributed by atoms with Gasteiger partial charge >= 0.3 is 0 Å². The quantitative estimate of drug-likeness (QED) is 0.773. The smallest absolute Gasteiger partial charge is 0.152 e. The highest BCUT2D eigenvalue weighted by Crippen LogP contribution is 2.29. The van der Waals surface area contributed by atoms with E-state index in [2.05, 4.69) is 16.3 Å². The Hall–Kier alpha value is -1.68. The van der Waals surface area contributed by atoms with Crippen LogP contribution in [0, 0.1) is 5.82 Å². The summed E-state index contributed by atoms with van der Waals surface area (Å²) in [6, 6.07) is 6.52. The van der Waals surface area contributed by atoms with Crippen molar-refractivity contribution in [3.63, 3.8) is 0 Å². The first-order valence-electron chi connectivity index (χ1n) is 5.83. The minimum Gasteiger partial charge on any atom is -0.366 e. The molecular weight excluding hydrogens is 249 g/mol. The molecule has 2 heterocycles. The van der Waals surface area contributed by atoms with Gasteiger partial charge in [0.15, 0.2) is 6.29 Å². The zero-order valence-corrected chi connectivity index (χ0v) is 10.5. The molecule has 1 aromatic carbocycles. The second-order valence-electron chi connectivity index (χ2n) is 4.36. The van der Waals surface area contributed by atoms with Crippen LogP contribution in [0.15, 0.2) is 29.6 Å². The average Bonchev–Trinajstić information content (AvgIpc) is 2.85. The second kappa shape index (κ2) is 4.53. The van der Waals surface area contributed by atoms with Crippen molar-refractivity contribution in [2.75, 3.05) is 11.4 Å². The molecule has 2 aromatic rings. The molecule has 0 radical (unpaired) electrons. The number of fused-ring (bicyclic) bond motifs is 1. The van der Waals surface area contributed by atoms with Crippen LogP contribution in [0.4, 0.5) is 10.1 Å². The minimum atomic E-state index is -0.367. The van der Waals surface area contributed by atoms with Crippen molar-refractivity contribution in [1.82, 2.24) is 0 Å². The van der Waals surface area contributed by atoms with Crippen molar-refractivity contribution < 1.29 is 9.18 Å². The van der Waals surface area contributed by atoms with Crippen molar-refractivity contribution in [2.45, 2.75) is 13.0 Å². The lowest BCUT2D eigenvalue weighted by Gasteiger charge is -2.30. The number of hydrogen-bond donors (Lipinski definition) is 0. The van der Waals surface area contributed by atoms with Crippen LogP contribution in [-0.4, -0.2) is 12.8 Å². The fraction of sp³-hybridized carbons (Fsp3) is 0.214. The Bertz CT molecular complexity index is 593. The van der Waals surface area contributed by atoms with Gasteiger partial charge in [-0.25, -0.2) is 4.39 Å². The maximum absolute atomic E-state index is 13.1. The molecule has 0 fully saturated rings. The van der Waals surface area contributed by atoms with Crippen molar-refractivity contribution in [3.8, 4) is 0 Å². The van der Waals surface area contributed by atoms with Crippen LogP contribution >= 0.6 is 11.3 Å². The first kappa shape index (κ1) is 11.4. The van der Waals surface area contributed by atoms with Crippen molar-refractivity contribution >= 4 is 23.3 Å². The van der Waals surface area contributed by atoms with E-state index in [-0.39, 0.29) is 5.82 Å². The molecule has 92 valence electrons. The van der Waals surface area contributed by atoms with Crippen LogP contribution in [0.1, 0.15) is 20.8 Å². The summed E-state index contributed by atoms with van der Waals surface area (Å²) in [4.78, 5) is 14.6. The van der Waals surface area contributed by atoms with Gasteiger partial charge in [-0.15, -0.1) is 11.3 Å². The van der Waals surface area contributed by atoms with Gasteiger partial charge in [0.05, 0.1) is 0 Å². The lowest BCUT2D eigenvalue weighted by molar-refractivity contribution is 0.112. The van der Waals surface area contributed by atoms with E-state index >= 15 is 0 Å². The molecule has 2 nitrogen and oxygen atoms in total. The number of hydrogen-bond acceptors (Lipinski definition) is 3. The lowest BCUT2D eigenvalue weighted by atomic mass is 10.1. The summed E-state index contributed by atoms with van der Waals surface area (Å²) in [6.45, 7) is 1.67. The van der Waals surface area contributed by atoms with E-state index in [1.807, 2.05) is 0 Å². The SMILES string of the molecule is O=Cc1cc(F)ccc1N1CCc2sccc2C1. The molecule has 0 bridgehead atoms. The van der Waals surface area contributed by atoms with Crippen LogP contribution in [0.2, 0.25) is 0 Å². The first-order valence-corrected chi connectivity index (χ1v) is 6.71. The number of benzene rings is 1. The van der Waals surface area contributed by atoms with E-state index in [1.54, 1.807) is 17.4 Å². The Morgan fingerprint density at radius 3 is 3.06 bits per heavy atom. The highest BCUT2D eigenvalue weighted by molar-refractivity contribution is 7.10. The van der Waals surface area contributed by atoms with Crippen LogP contribution in [0.3, 0.4) is 0 Å². The van der Waals surface area contributed by atoms with E-state index in [0.29, 0.717) is 5.56 Å². The Kier molecular flexibility index (Phi) is 2.88. The fourth-order valence-electron chi connectivity index (χ4n) is 2.36. The van der Waals surface area contributed by atoms with Gasteiger partial charge in [0.2, 0.25) is 0 Å². The molecule has 18 heavy (non-hydrogen) atoms. The number of carbonyl (C=O) groups excluding carboxylic acids is 1. The summed E-state index contributed by atoms with van der Waals surface area (Å²) < 4.78 is 13.1. The molecule has 0 saturated carbocycles. The number of aldehydes is 1. The minimum absolute atomic E-state index is 0.367. The summed E-state index contributed by atoms with van der Waals surface area (Å²) in [5.41, 5.74) is 2.56. The number of thiophene rings is 1. The third-order valence-electron chi connectivity index (χ3n) is 3.26. The monoisotopic (exact) mass is 261 g/mol. The molecule has 0 spiro atoms. The average molecular weight is 261 g/mol. The van der Waals surface area contributed by atoms with Crippen LogP contribution < -0.4 is 4.90 Å². The van der Waals surface area contributed by atoms with E-state index < -0.39 is 0 Å². The van der Waals surface area contributed by atoms with Gasteiger partial charge in [-0.05, 0) is 41.6 Å². The fourth-order valence-corrected chi connectivity index (χ4v) is 3.25. The molecule has 0 amide bonds. The van der Waals surface area contributed by atoms with E-state index in [4.69, 9.17) is 0 Å². The molecular formula is C14H12FNOS. The molecule has 0 aliphatic carbocycles. The highest BCUT2D eigenvalue weighted by atomic mass is 32.1. The van der Waals surface area contributed by atoms with Crippen LogP contribution in [-0.2, 0) is 13.0 Å². The Labute approximate surface area is 109 Å². The summed E-state index contributed by atoms with van der Waals surface area (Å²) in [5.74, 6) is -0.367. The van der Waals surface area contributed by atoms with Gasteiger partial charge in [0, 0.05) is 29.2 Å². The molecule has 1 aromatic heterocycles. The summed E-state index contributed by atoms with van der Waals surface area (Å²) in [6.07, 6.45) is 1.71. The summed E-state index contributed by atoms with van der Waals surface area (Å²) >= 11 is 1.78. The van der Waals surface area contributed by atoms with Gasteiger partial charge in [-0.3, -0.25) is 4.79 Å². The third-order valence-corrected chi connectivity index (χ3v) is 4.29. The molecule has 1 aliphatic heterocycles. The van der Waals surface area contributed by atoms with Gasteiger partial charge < -0.3 is 4.90 Å². The van der Waals surface area contributed by atoms with E-state index in [0.717, 1.165) is 31.5 Å². The van der Waals surface area contributed by atoms with Gasteiger partial charge in [0.1, 0.15) is 5.82 Å². The van der Waals surface area contributed by atoms with Gasteiger partial charge in [0.25, 0.3) is 0 Å².